The molecular weight excluding hydrogens is 413 g/mol. The van der Waals surface area contributed by atoms with Crippen molar-refractivity contribution in [3.05, 3.63) is 40.5 Å². The summed E-state index contributed by atoms with van der Waals surface area (Å²) < 4.78 is 39.4. The lowest BCUT2D eigenvalue weighted by Gasteiger charge is -2.21. The van der Waals surface area contributed by atoms with Gasteiger partial charge in [0, 0.05) is 37.0 Å². The number of carbonyl (C=O) groups is 1. The third-order valence-corrected chi connectivity index (χ3v) is 5.00. The number of rotatable bonds is 5. The Morgan fingerprint density at radius 1 is 1.38 bits per heavy atom. The van der Waals surface area contributed by atoms with Crippen LogP contribution in [0.4, 0.5) is 23.8 Å². The first-order valence-electron chi connectivity index (χ1n) is 8.74. The van der Waals surface area contributed by atoms with E-state index in [0.29, 0.717) is 30.9 Å². The van der Waals surface area contributed by atoms with Gasteiger partial charge in [-0.25, -0.2) is 14.8 Å². The zero-order valence-electron chi connectivity index (χ0n) is 15.1. The molecule has 0 saturated carbocycles. The molecule has 1 fully saturated rings. The Labute approximate surface area is 169 Å². The number of nitrogens with one attached hydrogen (secondary N) is 1. The van der Waals surface area contributed by atoms with E-state index in [2.05, 4.69) is 15.3 Å². The van der Waals surface area contributed by atoms with Gasteiger partial charge in [-0.2, -0.15) is 13.2 Å². The average Bonchev–Trinajstić information content (AvgIpc) is 3.14. The molecule has 2 aromatic rings. The topological polar surface area (TPSA) is 98.6 Å². The van der Waals surface area contributed by atoms with Gasteiger partial charge in [-0.3, -0.25) is 0 Å². The van der Waals surface area contributed by atoms with Crippen LogP contribution in [-0.2, 0) is 12.8 Å². The maximum atomic E-state index is 13.1. The van der Waals surface area contributed by atoms with Crippen molar-refractivity contribution in [2.45, 2.75) is 19.2 Å². The molecular formula is C18H18ClF3N4O3. The Morgan fingerprint density at radius 2 is 2.14 bits per heavy atom. The summed E-state index contributed by atoms with van der Waals surface area (Å²) in [7, 11) is 0. The van der Waals surface area contributed by atoms with E-state index in [1.165, 1.54) is 12.3 Å². The molecule has 2 heterocycles. The predicted octanol–water partition coefficient (Wildman–Crippen LogP) is 3.40. The fourth-order valence-corrected chi connectivity index (χ4v) is 3.45. The molecule has 1 unspecified atom stereocenters. The van der Waals surface area contributed by atoms with Crippen molar-refractivity contribution in [3.63, 3.8) is 0 Å². The van der Waals surface area contributed by atoms with Crippen LogP contribution in [0.2, 0.25) is 5.02 Å². The van der Waals surface area contributed by atoms with Crippen LogP contribution in [0.25, 0.3) is 11.4 Å². The van der Waals surface area contributed by atoms with Gasteiger partial charge in [0.2, 0.25) is 0 Å². The van der Waals surface area contributed by atoms with E-state index in [1.54, 1.807) is 0 Å². The number of hydrogen-bond acceptors (Lipinski definition) is 5. The second-order valence-corrected chi connectivity index (χ2v) is 7.09. The molecule has 1 atom stereocenters. The Morgan fingerprint density at radius 3 is 2.79 bits per heavy atom. The van der Waals surface area contributed by atoms with Gasteiger partial charge in [0.1, 0.15) is 5.82 Å². The first-order valence-corrected chi connectivity index (χ1v) is 9.12. The lowest BCUT2D eigenvalue weighted by atomic mass is 10.1. The van der Waals surface area contributed by atoms with Crippen LogP contribution in [-0.4, -0.2) is 45.9 Å². The van der Waals surface area contributed by atoms with Gasteiger partial charge < -0.3 is 20.4 Å². The number of anilines is 1. The van der Waals surface area contributed by atoms with Crippen molar-refractivity contribution in [3.8, 4) is 11.4 Å². The lowest BCUT2D eigenvalue weighted by Crippen LogP contribution is -2.30. The minimum Gasteiger partial charge on any atom is -0.465 e. The summed E-state index contributed by atoms with van der Waals surface area (Å²) in [6.45, 7) is 1.02. The van der Waals surface area contributed by atoms with E-state index in [-0.39, 0.29) is 30.5 Å². The minimum atomic E-state index is -4.61. The SMILES string of the molecule is O=C(O)NCC1CCN(c2nc(-c3ccc(Cl)c(C(F)(F)F)c3)ncc2CO)C1. The quantitative estimate of drug-likeness (QED) is 0.672. The van der Waals surface area contributed by atoms with Crippen molar-refractivity contribution in [1.29, 1.82) is 0 Å². The number of hydrogen-bond donors (Lipinski definition) is 3. The first kappa shape index (κ1) is 21.1. The summed E-state index contributed by atoms with van der Waals surface area (Å²) in [5, 5.41) is 20.3. The largest absolute Gasteiger partial charge is 0.465 e. The predicted molar refractivity (Wildman–Crippen MR) is 99.8 cm³/mol. The molecule has 1 aromatic heterocycles. The Kier molecular flexibility index (Phi) is 6.13. The second-order valence-electron chi connectivity index (χ2n) is 6.68. The van der Waals surface area contributed by atoms with E-state index in [4.69, 9.17) is 16.7 Å². The van der Waals surface area contributed by atoms with Crippen LogP contribution in [0.5, 0.6) is 0 Å². The number of aliphatic hydroxyl groups is 1. The monoisotopic (exact) mass is 430 g/mol. The van der Waals surface area contributed by atoms with Gasteiger partial charge in [-0.1, -0.05) is 11.6 Å². The second kappa shape index (κ2) is 8.42. The van der Waals surface area contributed by atoms with Gasteiger partial charge in [0.25, 0.3) is 0 Å². The first-order chi connectivity index (χ1) is 13.7. The summed E-state index contributed by atoms with van der Waals surface area (Å²) in [5.74, 6) is 0.550. The highest BCUT2D eigenvalue weighted by Gasteiger charge is 2.34. The fraction of sp³-hybridized carbons (Fsp3) is 0.389. The summed E-state index contributed by atoms with van der Waals surface area (Å²) >= 11 is 5.67. The molecule has 3 N–H and O–H groups in total. The molecule has 1 aromatic carbocycles. The molecule has 156 valence electrons. The number of carboxylic acid groups (broad SMARTS) is 1. The van der Waals surface area contributed by atoms with Gasteiger partial charge in [0.15, 0.2) is 5.82 Å². The number of aliphatic hydroxyl groups excluding tert-OH is 1. The minimum absolute atomic E-state index is 0.0587. The Hall–Kier alpha value is -2.59. The summed E-state index contributed by atoms with van der Waals surface area (Å²) in [6, 6.07) is 3.44. The summed E-state index contributed by atoms with van der Waals surface area (Å²) in [6.07, 6.45) is -3.63. The molecule has 0 radical (unpaired) electrons. The van der Waals surface area contributed by atoms with Crippen LogP contribution in [0, 0.1) is 5.92 Å². The molecule has 29 heavy (non-hydrogen) atoms. The highest BCUT2D eigenvalue weighted by atomic mass is 35.5. The molecule has 1 aliphatic rings. The van der Waals surface area contributed by atoms with E-state index >= 15 is 0 Å². The molecule has 1 amide bonds. The van der Waals surface area contributed by atoms with Gasteiger partial charge in [-0.05, 0) is 30.5 Å². The molecule has 1 saturated heterocycles. The average molecular weight is 431 g/mol. The zero-order chi connectivity index (χ0) is 21.2. The summed E-state index contributed by atoms with van der Waals surface area (Å²) in [5.41, 5.74) is -0.393. The van der Waals surface area contributed by atoms with Crippen molar-refractivity contribution < 1.29 is 28.2 Å². The fourth-order valence-electron chi connectivity index (χ4n) is 3.23. The van der Waals surface area contributed by atoms with Gasteiger partial charge in [-0.15, -0.1) is 0 Å². The zero-order valence-corrected chi connectivity index (χ0v) is 15.8. The van der Waals surface area contributed by atoms with Crippen molar-refractivity contribution >= 4 is 23.5 Å². The number of aromatic nitrogens is 2. The van der Waals surface area contributed by atoms with Crippen molar-refractivity contribution in [2.75, 3.05) is 24.5 Å². The molecule has 0 aliphatic carbocycles. The standard InChI is InChI=1S/C18H18ClF3N4O3/c19-14-2-1-11(5-13(14)18(20,21)22)15-23-7-12(9-27)16(25-15)26-4-3-10(8-26)6-24-17(28)29/h1-2,5,7,10,24,27H,3-4,6,8-9H2,(H,28,29). The van der Waals surface area contributed by atoms with Gasteiger partial charge in [0.05, 0.1) is 17.2 Å². The van der Waals surface area contributed by atoms with Crippen molar-refractivity contribution in [2.24, 2.45) is 5.92 Å². The number of nitrogens with zero attached hydrogens (tertiary/aromatic N) is 3. The number of alkyl halides is 3. The molecule has 0 bridgehead atoms. The van der Waals surface area contributed by atoms with E-state index in [0.717, 1.165) is 12.1 Å². The van der Waals surface area contributed by atoms with Crippen LogP contribution >= 0.6 is 11.6 Å². The molecule has 3 rings (SSSR count). The van der Waals surface area contributed by atoms with Crippen LogP contribution < -0.4 is 10.2 Å². The third-order valence-electron chi connectivity index (χ3n) is 4.67. The molecule has 11 heteroatoms. The van der Waals surface area contributed by atoms with E-state index in [9.17, 15) is 23.1 Å². The maximum Gasteiger partial charge on any atom is 0.417 e. The van der Waals surface area contributed by atoms with E-state index in [1.807, 2.05) is 4.90 Å². The molecule has 7 nitrogen and oxygen atoms in total. The lowest BCUT2D eigenvalue weighted by molar-refractivity contribution is -0.137. The Bertz CT molecular complexity index is 910. The number of amides is 1. The highest BCUT2D eigenvalue weighted by Crippen LogP contribution is 2.37. The van der Waals surface area contributed by atoms with Crippen molar-refractivity contribution in [1.82, 2.24) is 15.3 Å². The Balaban J connectivity index is 1.90. The normalized spacial score (nSPS) is 16.9. The van der Waals surface area contributed by atoms with Crippen LogP contribution in [0.3, 0.4) is 0 Å². The molecule has 0 spiro atoms. The van der Waals surface area contributed by atoms with Gasteiger partial charge >= 0.3 is 12.3 Å². The maximum absolute atomic E-state index is 13.1. The van der Waals surface area contributed by atoms with Crippen LogP contribution in [0.1, 0.15) is 17.5 Å². The van der Waals surface area contributed by atoms with E-state index < -0.39 is 22.9 Å². The smallest absolute Gasteiger partial charge is 0.417 e. The molecule has 1 aliphatic heterocycles. The third kappa shape index (κ3) is 4.88. The number of benzene rings is 1. The highest BCUT2D eigenvalue weighted by molar-refractivity contribution is 6.31. The number of halogens is 4. The summed E-state index contributed by atoms with van der Waals surface area (Å²) in [4.78, 5) is 21.0. The van der Waals surface area contributed by atoms with Crippen LogP contribution in [0.15, 0.2) is 24.4 Å².